The number of nitrogens with two attached hydrogens (primary N) is 1. The molecule has 18 heavy (non-hydrogen) atoms. The lowest BCUT2D eigenvalue weighted by atomic mass is 10.2. The van der Waals surface area contributed by atoms with E-state index in [4.69, 9.17) is 18.0 Å². The van der Waals surface area contributed by atoms with E-state index in [0.29, 0.717) is 17.4 Å². The van der Waals surface area contributed by atoms with Crippen molar-refractivity contribution in [3.05, 3.63) is 23.4 Å². The molecule has 0 saturated carbocycles. The van der Waals surface area contributed by atoms with Gasteiger partial charge in [0.15, 0.2) is 0 Å². The summed E-state index contributed by atoms with van der Waals surface area (Å²) < 4.78 is 0. The summed E-state index contributed by atoms with van der Waals surface area (Å²) >= 11 is 4.97. The molecule has 6 heteroatoms. The molecule has 5 nitrogen and oxygen atoms in total. The molecule has 0 spiro atoms. The van der Waals surface area contributed by atoms with Crippen molar-refractivity contribution in [2.75, 3.05) is 25.0 Å². The maximum atomic E-state index is 11.4. The zero-order valence-electron chi connectivity index (χ0n) is 10.9. The SMILES string of the molecule is CCN(CC(=O)NC)c1cc(C(N)=S)cc(C)n1. The third-order valence-corrected chi connectivity index (χ3v) is 2.78. The lowest BCUT2D eigenvalue weighted by Crippen LogP contribution is -2.36. The molecular formula is C12H18N4OS. The Balaban J connectivity index is 3.05. The molecule has 0 aliphatic heterocycles. The summed E-state index contributed by atoms with van der Waals surface area (Å²) in [5.74, 6) is 0.654. The number of nitrogens with zero attached hydrogens (tertiary/aromatic N) is 2. The van der Waals surface area contributed by atoms with E-state index in [1.165, 1.54) is 0 Å². The number of aryl methyl sites for hydroxylation is 1. The quantitative estimate of drug-likeness (QED) is 0.764. The van der Waals surface area contributed by atoms with Crippen LogP contribution < -0.4 is 16.0 Å². The molecule has 0 atom stereocenters. The van der Waals surface area contributed by atoms with Crippen molar-refractivity contribution in [2.45, 2.75) is 13.8 Å². The molecule has 98 valence electrons. The molecule has 0 aromatic carbocycles. The largest absolute Gasteiger partial charge is 0.389 e. The third-order valence-electron chi connectivity index (χ3n) is 2.54. The van der Waals surface area contributed by atoms with Crippen LogP contribution in [0.3, 0.4) is 0 Å². The molecule has 0 aliphatic carbocycles. The number of hydrogen-bond donors (Lipinski definition) is 2. The standard InChI is InChI=1S/C12H18N4OS/c1-4-16(7-11(17)14-3)10-6-9(12(13)18)5-8(2)15-10/h5-6H,4,7H2,1-3H3,(H2,13,18)(H,14,17). The molecule has 0 radical (unpaired) electrons. The zero-order chi connectivity index (χ0) is 13.7. The molecule has 1 heterocycles. The van der Waals surface area contributed by atoms with Gasteiger partial charge in [-0.25, -0.2) is 4.98 Å². The van der Waals surface area contributed by atoms with Crippen LogP contribution in [0.4, 0.5) is 5.82 Å². The Bertz CT molecular complexity index is 461. The number of likely N-dealkylation sites (N-methyl/N-ethyl adjacent to an activating group) is 2. The first kappa shape index (κ1) is 14.4. The second-order valence-corrected chi connectivity index (χ2v) is 4.35. The third kappa shape index (κ3) is 3.66. The highest BCUT2D eigenvalue weighted by atomic mass is 32.1. The van der Waals surface area contributed by atoms with Crippen molar-refractivity contribution in [3.63, 3.8) is 0 Å². The molecule has 0 fully saturated rings. The highest BCUT2D eigenvalue weighted by Gasteiger charge is 2.12. The monoisotopic (exact) mass is 266 g/mol. The Morgan fingerprint density at radius 3 is 2.72 bits per heavy atom. The van der Waals surface area contributed by atoms with Gasteiger partial charge in [0.25, 0.3) is 0 Å². The first-order valence-corrected chi connectivity index (χ1v) is 6.12. The Hall–Kier alpha value is -1.69. The Labute approximate surface area is 112 Å². The van der Waals surface area contributed by atoms with Crippen LogP contribution in [0, 0.1) is 6.92 Å². The molecule has 0 aliphatic rings. The van der Waals surface area contributed by atoms with Crippen molar-refractivity contribution in [3.8, 4) is 0 Å². The fourth-order valence-corrected chi connectivity index (χ4v) is 1.68. The van der Waals surface area contributed by atoms with Gasteiger partial charge in [0.05, 0.1) is 6.54 Å². The van der Waals surface area contributed by atoms with Crippen molar-refractivity contribution in [1.82, 2.24) is 10.3 Å². The highest BCUT2D eigenvalue weighted by Crippen LogP contribution is 2.14. The average molecular weight is 266 g/mol. The number of hydrogen-bond acceptors (Lipinski definition) is 4. The molecule has 1 aromatic rings. The smallest absolute Gasteiger partial charge is 0.239 e. The van der Waals surface area contributed by atoms with Gasteiger partial charge in [0.1, 0.15) is 10.8 Å². The number of rotatable bonds is 5. The Kier molecular flexibility index (Phi) is 5.03. The normalized spacial score (nSPS) is 9.94. The van der Waals surface area contributed by atoms with Crippen molar-refractivity contribution < 1.29 is 4.79 Å². The Morgan fingerprint density at radius 2 is 2.22 bits per heavy atom. The van der Waals surface area contributed by atoms with Gasteiger partial charge in [-0.15, -0.1) is 0 Å². The summed E-state index contributed by atoms with van der Waals surface area (Å²) in [4.78, 5) is 18.0. The minimum Gasteiger partial charge on any atom is -0.389 e. The lowest BCUT2D eigenvalue weighted by molar-refractivity contribution is -0.119. The number of pyridine rings is 1. The number of carbonyl (C=O) groups is 1. The number of carbonyl (C=O) groups excluding carboxylic acids is 1. The van der Waals surface area contributed by atoms with Gasteiger partial charge < -0.3 is 16.0 Å². The average Bonchev–Trinajstić information content (AvgIpc) is 2.34. The van der Waals surface area contributed by atoms with E-state index in [0.717, 1.165) is 11.3 Å². The number of anilines is 1. The first-order chi connectivity index (χ1) is 8.47. The summed E-state index contributed by atoms with van der Waals surface area (Å²) in [6.45, 7) is 4.78. The second kappa shape index (κ2) is 6.30. The van der Waals surface area contributed by atoms with Crippen LogP contribution in [0.25, 0.3) is 0 Å². The molecular weight excluding hydrogens is 248 g/mol. The van der Waals surface area contributed by atoms with E-state index in [1.807, 2.05) is 30.9 Å². The fourth-order valence-electron chi connectivity index (χ4n) is 1.56. The maximum absolute atomic E-state index is 11.4. The van der Waals surface area contributed by atoms with Crippen LogP contribution in [-0.4, -0.2) is 36.0 Å². The molecule has 0 bridgehead atoms. The van der Waals surface area contributed by atoms with Crippen LogP contribution in [0.2, 0.25) is 0 Å². The molecule has 1 amide bonds. The van der Waals surface area contributed by atoms with Gasteiger partial charge in [-0.2, -0.15) is 0 Å². The zero-order valence-corrected chi connectivity index (χ0v) is 11.7. The van der Waals surface area contributed by atoms with Gasteiger partial charge in [0.2, 0.25) is 5.91 Å². The molecule has 0 saturated heterocycles. The van der Waals surface area contributed by atoms with E-state index in [-0.39, 0.29) is 12.5 Å². The summed E-state index contributed by atoms with van der Waals surface area (Å²) in [6, 6.07) is 3.64. The number of amides is 1. The molecule has 1 rings (SSSR count). The van der Waals surface area contributed by atoms with Crippen LogP contribution in [-0.2, 0) is 4.79 Å². The van der Waals surface area contributed by atoms with Gasteiger partial charge in [0, 0.05) is 24.8 Å². The van der Waals surface area contributed by atoms with E-state index in [9.17, 15) is 4.79 Å². The van der Waals surface area contributed by atoms with E-state index < -0.39 is 0 Å². The van der Waals surface area contributed by atoms with Crippen molar-refractivity contribution in [1.29, 1.82) is 0 Å². The minimum absolute atomic E-state index is 0.0583. The predicted octanol–water partition coefficient (Wildman–Crippen LogP) is 0.597. The predicted molar refractivity (Wildman–Crippen MR) is 76.8 cm³/mol. The fraction of sp³-hybridized carbons (Fsp3) is 0.417. The first-order valence-electron chi connectivity index (χ1n) is 5.72. The minimum atomic E-state index is -0.0583. The summed E-state index contributed by atoms with van der Waals surface area (Å²) in [5, 5.41) is 2.59. The maximum Gasteiger partial charge on any atom is 0.239 e. The Morgan fingerprint density at radius 1 is 1.56 bits per heavy atom. The van der Waals surface area contributed by atoms with Crippen molar-refractivity contribution >= 4 is 28.9 Å². The van der Waals surface area contributed by atoms with E-state index in [1.54, 1.807) is 7.05 Å². The second-order valence-electron chi connectivity index (χ2n) is 3.91. The van der Waals surface area contributed by atoms with Gasteiger partial charge >= 0.3 is 0 Å². The van der Waals surface area contributed by atoms with Crippen LogP contribution in [0.5, 0.6) is 0 Å². The topological polar surface area (TPSA) is 71.2 Å². The lowest BCUT2D eigenvalue weighted by Gasteiger charge is -2.21. The van der Waals surface area contributed by atoms with Gasteiger partial charge in [-0.3, -0.25) is 4.79 Å². The number of thiocarbonyl (C=S) groups is 1. The van der Waals surface area contributed by atoms with Crippen LogP contribution in [0.1, 0.15) is 18.2 Å². The van der Waals surface area contributed by atoms with Gasteiger partial charge in [-0.1, -0.05) is 12.2 Å². The summed E-state index contributed by atoms with van der Waals surface area (Å²) in [7, 11) is 1.61. The van der Waals surface area contributed by atoms with E-state index in [2.05, 4.69) is 10.3 Å². The highest BCUT2D eigenvalue weighted by molar-refractivity contribution is 7.80. The van der Waals surface area contributed by atoms with Crippen molar-refractivity contribution in [2.24, 2.45) is 5.73 Å². The molecule has 3 N–H and O–H groups in total. The van der Waals surface area contributed by atoms with Gasteiger partial charge in [-0.05, 0) is 26.0 Å². The molecule has 0 unspecified atom stereocenters. The number of nitrogens with one attached hydrogen (secondary N) is 1. The number of aromatic nitrogens is 1. The van der Waals surface area contributed by atoms with E-state index >= 15 is 0 Å². The summed E-state index contributed by atoms with van der Waals surface area (Å²) in [5.41, 5.74) is 7.22. The molecule has 1 aromatic heterocycles. The van der Waals surface area contributed by atoms with Crippen LogP contribution >= 0.6 is 12.2 Å². The summed E-state index contributed by atoms with van der Waals surface area (Å²) in [6.07, 6.45) is 0. The van der Waals surface area contributed by atoms with Crippen LogP contribution in [0.15, 0.2) is 12.1 Å².